The van der Waals surface area contributed by atoms with E-state index in [1.165, 1.54) is 23.0 Å². The van der Waals surface area contributed by atoms with E-state index in [1.54, 1.807) is 12.1 Å². The number of nitrogens with one attached hydrogen (secondary N) is 2. The Morgan fingerprint density at radius 1 is 1.23 bits per heavy atom. The van der Waals surface area contributed by atoms with Crippen LogP contribution >= 0.6 is 0 Å². The highest BCUT2D eigenvalue weighted by molar-refractivity contribution is 6.08. The van der Waals surface area contributed by atoms with E-state index in [9.17, 15) is 23.5 Å². The number of aromatic nitrogens is 2. The quantitative estimate of drug-likeness (QED) is 0.576. The standard InChI is InChI=1S/C22H18F2N4O3/c1-2-12-5-3-4-6-17(12)27-21(29)15-11-25-28-19(10-18(22(30)31)26-20(15)28)14-8-7-13(23)9-16(14)24/h3-11,19,26H,2H2,1H3,(H,27,29)(H,30,31)/t19-/m1/s1. The van der Waals surface area contributed by atoms with Gasteiger partial charge >= 0.3 is 5.97 Å². The predicted octanol–water partition coefficient (Wildman–Crippen LogP) is 3.96. The summed E-state index contributed by atoms with van der Waals surface area (Å²) in [5, 5.41) is 19.2. The SMILES string of the molecule is CCc1ccccc1NC(=O)c1cnn2c1NC(C(=O)O)=C[C@@H]2c1ccc(F)cc1F. The van der Waals surface area contributed by atoms with Crippen LogP contribution in [0.2, 0.25) is 0 Å². The van der Waals surface area contributed by atoms with Crippen LogP contribution in [-0.4, -0.2) is 26.8 Å². The highest BCUT2D eigenvalue weighted by atomic mass is 19.1. The zero-order valence-electron chi connectivity index (χ0n) is 16.4. The first-order chi connectivity index (χ1) is 14.9. The summed E-state index contributed by atoms with van der Waals surface area (Å²) in [6.07, 6.45) is 3.24. The van der Waals surface area contributed by atoms with Crippen LogP contribution in [0, 0.1) is 11.6 Å². The lowest BCUT2D eigenvalue weighted by Gasteiger charge is -2.24. The van der Waals surface area contributed by atoms with Gasteiger partial charge in [-0.2, -0.15) is 5.10 Å². The van der Waals surface area contributed by atoms with Crippen molar-refractivity contribution in [2.24, 2.45) is 0 Å². The maximum Gasteiger partial charge on any atom is 0.352 e. The van der Waals surface area contributed by atoms with E-state index in [4.69, 9.17) is 0 Å². The summed E-state index contributed by atoms with van der Waals surface area (Å²) in [6, 6.07) is 9.34. The second kappa shape index (κ2) is 8.02. The molecule has 0 unspecified atom stereocenters. The highest BCUT2D eigenvalue weighted by Gasteiger charge is 2.31. The Morgan fingerprint density at radius 3 is 2.71 bits per heavy atom. The summed E-state index contributed by atoms with van der Waals surface area (Å²) < 4.78 is 29.1. The van der Waals surface area contributed by atoms with Crippen molar-refractivity contribution >= 4 is 23.4 Å². The molecular formula is C22H18F2N4O3. The number of aliphatic carboxylic acids is 1. The van der Waals surface area contributed by atoms with Crippen molar-refractivity contribution in [1.29, 1.82) is 0 Å². The summed E-state index contributed by atoms with van der Waals surface area (Å²) in [5.74, 6) is -3.30. The van der Waals surface area contributed by atoms with Crippen LogP contribution in [0.15, 0.2) is 60.4 Å². The molecule has 158 valence electrons. The third-order valence-electron chi connectivity index (χ3n) is 5.04. The first-order valence-electron chi connectivity index (χ1n) is 9.53. The van der Waals surface area contributed by atoms with Gasteiger partial charge in [0.25, 0.3) is 5.91 Å². The third-order valence-corrected chi connectivity index (χ3v) is 5.04. The maximum absolute atomic E-state index is 14.4. The van der Waals surface area contributed by atoms with Crippen molar-refractivity contribution in [3.63, 3.8) is 0 Å². The molecule has 1 aliphatic heterocycles. The minimum absolute atomic E-state index is 0.0225. The number of allylic oxidation sites excluding steroid dienone is 1. The largest absolute Gasteiger partial charge is 0.477 e. The topological polar surface area (TPSA) is 96.3 Å². The molecule has 31 heavy (non-hydrogen) atoms. The number of amides is 1. The van der Waals surface area contributed by atoms with Crippen LogP contribution in [0.3, 0.4) is 0 Å². The van der Waals surface area contributed by atoms with Gasteiger partial charge in [-0.1, -0.05) is 31.2 Å². The summed E-state index contributed by atoms with van der Waals surface area (Å²) >= 11 is 0. The lowest BCUT2D eigenvalue weighted by Crippen LogP contribution is -2.26. The van der Waals surface area contributed by atoms with Gasteiger partial charge < -0.3 is 15.7 Å². The van der Waals surface area contributed by atoms with Crippen LogP contribution in [-0.2, 0) is 11.2 Å². The number of benzene rings is 2. The molecular weight excluding hydrogens is 406 g/mol. The fraction of sp³-hybridized carbons (Fsp3) is 0.136. The Hall–Kier alpha value is -4.01. The van der Waals surface area contributed by atoms with Crippen molar-refractivity contribution in [3.8, 4) is 0 Å². The first kappa shape index (κ1) is 20.3. The van der Waals surface area contributed by atoms with Gasteiger partial charge in [-0.3, -0.25) is 4.79 Å². The Kier molecular flexibility index (Phi) is 5.24. The number of fused-ring (bicyclic) bond motifs is 1. The van der Waals surface area contributed by atoms with E-state index in [2.05, 4.69) is 15.7 Å². The monoisotopic (exact) mass is 424 g/mol. The molecule has 0 bridgehead atoms. The molecule has 0 aliphatic carbocycles. The lowest BCUT2D eigenvalue weighted by molar-refractivity contribution is -0.132. The van der Waals surface area contributed by atoms with E-state index in [1.807, 2.05) is 19.1 Å². The van der Waals surface area contributed by atoms with E-state index in [-0.39, 0.29) is 22.6 Å². The zero-order chi connectivity index (χ0) is 22.1. The Morgan fingerprint density at radius 2 is 2.00 bits per heavy atom. The fourth-order valence-electron chi connectivity index (χ4n) is 3.49. The number of para-hydroxylation sites is 1. The lowest BCUT2D eigenvalue weighted by atomic mass is 10.0. The molecule has 1 aromatic heterocycles. The van der Waals surface area contributed by atoms with E-state index in [0.29, 0.717) is 18.2 Å². The molecule has 2 heterocycles. The molecule has 9 heteroatoms. The summed E-state index contributed by atoms with van der Waals surface area (Å²) in [6.45, 7) is 1.96. The van der Waals surface area contributed by atoms with Gasteiger partial charge in [0.2, 0.25) is 0 Å². The van der Waals surface area contributed by atoms with Crippen LogP contribution in [0.5, 0.6) is 0 Å². The first-order valence-corrected chi connectivity index (χ1v) is 9.53. The number of carboxylic acid groups (broad SMARTS) is 1. The Bertz CT molecular complexity index is 1220. The van der Waals surface area contributed by atoms with Gasteiger partial charge in [-0.05, 0) is 30.2 Å². The van der Waals surface area contributed by atoms with E-state index in [0.717, 1.165) is 11.6 Å². The molecule has 7 nitrogen and oxygen atoms in total. The normalized spacial score (nSPS) is 14.9. The number of rotatable bonds is 5. The molecule has 3 N–H and O–H groups in total. The van der Waals surface area contributed by atoms with Crippen LogP contribution in [0.1, 0.15) is 34.5 Å². The molecule has 2 aromatic carbocycles. The van der Waals surface area contributed by atoms with Crippen LogP contribution in [0.25, 0.3) is 0 Å². The average Bonchev–Trinajstić information content (AvgIpc) is 3.18. The molecule has 0 saturated carbocycles. The summed E-state index contributed by atoms with van der Waals surface area (Å²) in [4.78, 5) is 24.6. The predicted molar refractivity (Wildman–Crippen MR) is 110 cm³/mol. The highest BCUT2D eigenvalue weighted by Crippen LogP contribution is 2.34. The number of carbonyl (C=O) groups excluding carboxylic acids is 1. The molecule has 1 amide bonds. The van der Waals surface area contributed by atoms with Crippen LogP contribution < -0.4 is 10.6 Å². The van der Waals surface area contributed by atoms with Crippen molar-refractivity contribution in [3.05, 3.63) is 88.8 Å². The minimum atomic E-state index is -1.29. The second-order valence-corrected chi connectivity index (χ2v) is 6.94. The molecule has 3 aromatic rings. The zero-order valence-corrected chi connectivity index (χ0v) is 16.4. The minimum Gasteiger partial charge on any atom is -0.477 e. The molecule has 1 aliphatic rings. The van der Waals surface area contributed by atoms with Crippen molar-refractivity contribution < 1.29 is 23.5 Å². The maximum atomic E-state index is 14.4. The molecule has 4 rings (SSSR count). The summed E-state index contributed by atoms with van der Waals surface area (Å²) in [7, 11) is 0. The number of nitrogens with zero attached hydrogens (tertiary/aromatic N) is 2. The van der Waals surface area contributed by atoms with Crippen molar-refractivity contribution in [2.45, 2.75) is 19.4 Å². The Balaban J connectivity index is 1.75. The van der Waals surface area contributed by atoms with Crippen molar-refractivity contribution in [1.82, 2.24) is 9.78 Å². The average molecular weight is 424 g/mol. The second-order valence-electron chi connectivity index (χ2n) is 6.94. The number of hydrogen-bond donors (Lipinski definition) is 3. The summed E-state index contributed by atoms with van der Waals surface area (Å²) in [5.41, 5.74) is 1.42. The van der Waals surface area contributed by atoms with Gasteiger partial charge in [0.05, 0.1) is 6.20 Å². The number of carboxylic acids is 1. The van der Waals surface area contributed by atoms with Crippen LogP contribution in [0.4, 0.5) is 20.3 Å². The fourth-order valence-corrected chi connectivity index (χ4v) is 3.49. The van der Waals surface area contributed by atoms with Crippen molar-refractivity contribution in [2.75, 3.05) is 10.6 Å². The Labute approximate surface area is 176 Å². The van der Waals surface area contributed by atoms with E-state index < -0.39 is 29.6 Å². The number of aryl methyl sites for hydroxylation is 1. The van der Waals surface area contributed by atoms with Gasteiger partial charge in [-0.25, -0.2) is 18.3 Å². The van der Waals surface area contributed by atoms with Gasteiger partial charge in [0, 0.05) is 17.3 Å². The van der Waals surface area contributed by atoms with Gasteiger partial charge in [-0.15, -0.1) is 0 Å². The molecule has 0 saturated heterocycles. The number of anilines is 2. The number of halogens is 2. The molecule has 0 radical (unpaired) electrons. The number of hydrogen-bond acceptors (Lipinski definition) is 4. The molecule has 1 atom stereocenters. The van der Waals surface area contributed by atoms with Gasteiger partial charge in [0.1, 0.15) is 34.8 Å². The van der Waals surface area contributed by atoms with Gasteiger partial charge in [0.15, 0.2) is 0 Å². The molecule has 0 fully saturated rings. The molecule has 0 spiro atoms. The van der Waals surface area contributed by atoms with E-state index >= 15 is 0 Å². The number of carbonyl (C=O) groups is 2. The third kappa shape index (κ3) is 3.77. The smallest absolute Gasteiger partial charge is 0.352 e.